The van der Waals surface area contributed by atoms with Crippen LogP contribution in [-0.2, 0) is 4.79 Å². The van der Waals surface area contributed by atoms with Gasteiger partial charge in [0.1, 0.15) is 0 Å². The smallest absolute Gasteiger partial charge is 0.210 e. The van der Waals surface area contributed by atoms with Crippen molar-refractivity contribution in [1.29, 1.82) is 0 Å². The van der Waals surface area contributed by atoms with Crippen molar-refractivity contribution in [2.24, 2.45) is 4.99 Å². The Balaban J connectivity index is 2.22. The second kappa shape index (κ2) is 5.88. The fraction of sp³-hybridized carbons (Fsp3) is 0.667. The van der Waals surface area contributed by atoms with Gasteiger partial charge in [0.2, 0.25) is 6.08 Å². The molecule has 0 aromatic carbocycles. The number of rotatable bonds is 1. The SMILES string of the molecule is O=C=NC#CCC1CCCCS1. The van der Waals surface area contributed by atoms with E-state index in [0.29, 0.717) is 5.25 Å². The lowest BCUT2D eigenvalue weighted by Crippen LogP contribution is -2.07. The van der Waals surface area contributed by atoms with Crippen molar-refractivity contribution in [2.75, 3.05) is 5.75 Å². The van der Waals surface area contributed by atoms with Gasteiger partial charge in [-0.2, -0.15) is 11.8 Å². The largest absolute Gasteiger partial charge is 0.249 e. The van der Waals surface area contributed by atoms with Gasteiger partial charge in [0.15, 0.2) is 0 Å². The zero-order chi connectivity index (χ0) is 8.65. The average Bonchev–Trinajstić information content (AvgIpc) is 2.14. The molecule has 1 unspecified atom stereocenters. The van der Waals surface area contributed by atoms with Crippen molar-refractivity contribution < 1.29 is 4.79 Å². The molecule has 2 nitrogen and oxygen atoms in total. The van der Waals surface area contributed by atoms with Crippen LogP contribution in [-0.4, -0.2) is 17.1 Å². The van der Waals surface area contributed by atoms with E-state index in [4.69, 9.17) is 0 Å². The molecule has 1 aliphatic rings. The lowest BCUT2D eigenvalue weighted by Gasteiger charge is -2.18. The van der Waals surface area contributed by atoms with Crippen LogP contribution >= 0.6 is 11.8 Å². The predicted octanol–water partition coefficient (Wildman–Crippen LogP) is 1.96. The molecule has 0 radical (unpaired) electrons. The third-order valence-corrected chi connectivity index (χ3v) is 3.18. The van der Waals surface area contributed by atoms with E-state index in [0.717, 1.165) is 6.42 Å². The molecule has 0 aliphatic carbocycles. The first-order valence-corrected chi connectivity index (χ1v) is 5.14. The zero-order valence-corrected chi connectivity index (χ0v) is 7.69. The highest BCUT2D eigenvalue weighted by molar-refractivity contribution is 7.99. The quantitative estimate of drug-likeness (QED) is 0.351. The summed E-state index contributed by atoms with van der Waals surface area (Å²) in [5, 5.41) is 0.660. The number of hydrogen-bond acceptors (Lipinski definition) is 3. The van der Waals surface area contributed by atoms with Gasteiger partial charge in [0, 0.05) is 17.7 Å². The van der Waals surface area contributed by atoms with E-state index in [1.165, 1.54) is 31.1 Å². The molecule has 12 heavy (non-hydrogen) atoms. The van der Waals surface area contributed by atoms with Crippen LogP contribution in [0.5, 0.6) is 0 Å². The molecule has 1 atom stereocenters. The number of carbonyl (C=O) groups excluding carboxylic acids is 1. The van der Waals surface area contributed by atoms with Crippen LogP contribution < -0.4 is 0 Å². The highest BCUT2D eigenvalue weighted by Gasteiger charge is 2.11. The van der Waals surface area contributed by atoms with Gasteiger partial charge < -0.3 is 0 Å². The fourth-order valence-electron chi connectivity index (χ4n) is 1.19. The second-order valence-electron chi connectivity index (χ2n) is 2.68. The van der Waals surface area contributed by atoms with Crippen LogP contribution in [0.4, 0.5) is 0 Å². The maximum absolute atomic E-state index is 9.66. The third kappa shape index (κ3) is 3.61. The molecule has 0 aromatic heterocycles. The van der Waals surface area contributed by atoms with E-state index in [-0.39, 0.29) is 0 Å². The highest BCUT2D eigenvalue weighted by Crippen LogP contribution is 2.26. The summed E-state index contributed by atoms with van der Waals surface area (Å²) in [4.78, 5) is 12.8. The molecule has 0 aromatic rings. The molecular weight excluding hydrogens is 170 g/mol. The summed E-state index contributed by atoms with van der Waals surface area (Å²) in [6.07, 6.45) is 6.16. The summed E-state index contributed by atoms with van der Waals surface area (Å²) in [6.45, 7) is 0. The Morgan fingerprint density at radius 2 is 2.42 bits per heavy atom. The summed E-state index contributed by atoms with van der Waals surface area (Å²) >= 11 is 1.98. The van der Waals surface area contributed by atoms with Gasteiger partial charge in [0.05, 0.1) is 0 Å². The minimum absolute atomic E-state index is 0.660. The van der Waals surface area contributed by atoms with E-state index < -0.39 is 0 Å². The lowest BCUT2D eigenvalue weighted by atomic mass is 10.1. The Bertz CT molecular complexity index is 229. The second-order valence-corrected chi connectivity index (χ2v) is 4.09. The molecule has 0 saturated carbocycles. The number of thioether (sulfide) groups is 1. The summed E-state index contributed by atoms with van der Waals surface area (Å²) in [5.74, 6) is 4.11. The third-order valence-electron chi connectivity index (χ3n) is 1.78. The first-order chi connectivity index (χ1) is 5.93. The van der Waals surface area contributed by atoms with Gasteiger partial charge in [-0.25, -0.2) is 4.79 Å². The van der Waals surface area contributed by atoms with E-state index in [9.17, 15) is 4.79 Å². The molecule has 1 heterocycles. The normalized spacial score (nSPS) is 21.8. The zero-order valence-electron chi connectivity index (χ0n) is 6.88. The van der Waals surface area contributed by atoms with Crippen molar-refractivity contribution in [2.45, 2.75) is 30.9 Å². The monoisotopic (exact) mass is 181 g/mol. The lowest BCUT2D eigenvalue weighted by molar-refractivity contribution is 0.565. The Labute approximate surface area is 76.8 Å². The van der Waals surface area contributed by atoms with Crippen molar-refractivity contribution in [3.05, 3.63) is 0 Å². The van der Waals surface area contributed by atoms with Gasteiger partial charge in [-0.05, 0) is 18.6 Å². The minimum atomic E-state index is 0.660. The Hall–Kier alpha value is -0.710. The fourth-order valence-corrected chi connectivity index (χ4v) is 2.43. The van der Waals surface area contributed by atoms with Crippen LogP contribution in [0.2, 0.25) is 0 Å². The van der Waals surface area contributed by atoms with Crippen LogP contribution in [0.1, 0.15) is 25.7 Å². The van der Waals surface area contributed by atoms with Crippen molar-refractivity contribution >= 4 is 17.8 Å². The molecule has 64 valence electrons. The highest BCUT2D eigenvalue weighted by atomic mass is 32.2. The Morgan fingerprint density at radius 1 is 1.50 bits per heavy atom. The van der Waals surface area contributed by atoms with Crippen molar-refractivity contribution in [1.82, 2.24) is 0 Å². The number of hydrogen-bond donors (Lipinski definition) is 0. The maximum atomic E-state index is 9.66. The summed E-state index contributed by atoms with van der Waals surface area (Å²) in [5.41, 5.74) is 0. The summed E-state index contributed by atoms with van der Waals surface area (Å²) in [7, 11) is 0. The molecule has 0 N–H and O–H groups in total. The van der Waals surface area contributed by atoms with E-state index in [1.807, 2.05) is 11.8 Å². The summed E-state index contributed by atoms with van der Waals surface area (Å²) in [6, 6.07) is 2.42. The van der Waals surface area contributed by atoms with Crippen LogP contribution in [0.25, 0.3) is 0 Å². The molecular formula is C9H11NOS. The molecule has 1 fully saturated rings. The summed E-state index contributed by atoms with van der Waals surface area (Å²) < 4.78 is 0. The van der Waals surface area contributed by atoms with Gasteiger partial charge >= 0.3 is 0 Å². The number of aliphatic imine (C=N–C) groups is 1. The van der Waals surface area contributed by atoms with Crippen LogP contribution in [0, 0.1) is 12.0 Å². The molecule has 1 aliphatic heterocycles. The van der Waals surface area contributed by atoms with E-state index >= 15 is 0 Å². The van der Waals surface area contributed by atoms with Gasteiger partial charge in [-0.15, -0.1) is 4.99 Å². The van der Waals surface area contributed by atoms with Gasteiger partial charge in [-0.3, -0.25) is 0 Å². The van der Waals surface area contributed by atoms with E-state index in [2.05, 4.69) is 17.0 Å². The topological polar surface area (TPSA) is 29.4 Å². The minimum Gasteiger partial charge on any atom is -0.210 e. The standard InChI is InChI=1S/C9H11NOS/c11-8-10-6-3-5-9-4-1-2-7-12-9/h9H,1-2,4-5,7H2. The van der Waals surface area contributed by atoms with Crippen LogP contribution in [0.3, 0.4) is 0 Å². The van der Waals surface area contributed by atoms with E-state index in [1.54, 1.807) is 0 Å². The molecule has 0 bridgehead atoms. The maximum Gasteiger partial charge on any atom is 0.249 e. The predicted molar refractivity (Wildman–Crippen MR) is 50.6 cm³/mol. The average molecular weight is 181 g/mol. The molecule has 1 saturated heterocycles. The molecule has 3 heteroatoms. The Morgan fingerprint density at radius 3 is 3.08 bits per heavy atom. The molecule has 0 spiro atoms. The first-order valence-electron chi connectivity index (χ1n) is 4.10. The first kappa shape index (κ1) is 9.38. The van der Waals surface area contributed by atoms with Crippen molar-refractivity contribution in [3.8, 4) is 12.0 Å². The van der Waals surface area contributed by atoms with Crippen molar-refractivity contribution in [3.63, 3.8) is 0 Å². The molecule has 0 amide bonds. The number of nitrogens with zero attached hydrogens (tertiary/aromatic N) is 1. The molecule has 1 rings (SSSR count). The van der Waals surface area contributed by atoms with Gasteiger partial charge in [-0.1, -0.05) is 12.3 Å². The van der Waals surface area contributed by atoms with Crippen LogP contribution in [0.15, 0.2) is 4.99 Å². The van der Waals surface area contributed by atoms with Gasteiger partial charge in [0.25, 0.3) is 0 Å². The Kier molecular flexibility index (Phi) is 4.60. The number of isocyanates is 1.